The Morgan fingerprint density at radius 2 is 0.929 bits per heavy atom. The quantitative estimate of drug-likeness (QED) is 0.146. The third-order valence-electron chi connectivity index (χ3n) is 7.99. The summed E-state index contributed by atoms with van der Waals surface area (Å²) in [6.07, 6.45) is 0. The molecule has 0 aliphatic heterocycles. The van der Waals surface area contributed by atoms with Crippen molar-refractivity contribution in [3.8, 4) is 46.0 Å². The number of hydrogen-bond acceptors (Lipinski definition) is 10. The van der Waals surface area contributed by atoms with Crippen molar-refractivity contribution in [3.05, 3.63) is 94.0 Å². The van der Waals surface area contributed by atoms with Crippen molar-refractivity contribution in [1.82, 2.24) is 0 Å². The fourth-order valence-corrected chi connectivity index (χ4v) is 6.71. The summed E-state index contributed by atoms with van der Waals surface area (Å²) in [5, 5.41) is 64.2. The van der Waals surface area contributed by atoms with E-state index in [0.29, 0.717) is 33.4 Å². The highest BCUT2D eigenvalue weighted by Gasteiger charge is 2.54. The van der Waals surface area contributed by atoms with Gasteiger partial charge in [0.05, 0.1) is 0 Å². The number of rotatable bonds is 4. The Labute approximate surface area is 239 Å². The average molecular weight is 571 g/mol. The van der Waals surface area contributed by atoms with Crippen molar-refractivity contribution >= 4 is 11.9 Å². The van der Waals surface area contributed by atoms with Crippen LogP contribution in [0.15, 0.2) is 60.7 Å². The first-order chi connectivity index (χ1) is 19.9. The van der Waals surface area contributed by atoms with Gasteiger partial charge in [0, 0.05) is 60.8 Å². The van der Waals surface area contributed by atoms with E-state index in [-0.39, 0.29) is 46.0 Å². The van der Waals surface area contributed by atoms with Crippen LogP contribution < -0.4 is 9.47 Å². The summed E-state index contributed by atoms with van der Waals surface area (Å²) in [6, 6.07) is 14.5. The molecule has 4 atom stereocenters. The number of carbonyl (C=O) groups excluding carboxylic acids is 2. The van der Waals surface area contributed by atoms with E-state index in [1.807, 2.05) is 0 Å². The number of aromatic hydroxyl groups is 6. The summed E-state index contributed by atoms with van der Waals surface area (Å²) in [5.74, 6) is -5.10. The van der Waals surface area contributed by atoms with Crippen LogP contribution in [0.5, 0.6) is 46.0 Å². The molecule has 6 N–H and O–H groups in total. The number of carbonyl (C=O) groups is 2. The van der Waals surface area contributed by atoms with Gasteiger partial charge in [-0.25, -0.2) is 0 Å². The molecule has 0 bridgehead atoms. The first kappa shape index (κ1) is 26.8. The zero-order valence-corrected chi connectivity index (χ0v) is 22.4. The fourth-order valence-electron chi connectivity index (χ4n) is 6.71. The van der Waals surface area contributed by atoms with Gasteiger partial charge < -0.3 is 40.1 Å². The molecule has 0 spiro atoms. The summed E-state index contributed by atoms with van der Waals surface area (Å²) in [6.45, 7) is 2.40. The fraction of sp³-hybridized carbons (Fsp3) is 0.188. The standard InChI is InChI=1S/C32H26O10/c1-13(33)41-25-7-15(3-5-21(25)37)27-29-19(9-17(35)11-23(29)39)32-28(16-4-6-22(38)26(8-16)42-14(2)34)30-20(31(27)32)10-18(36)12-24(30)40/h3-12,27-28,31-32,35-40H,1-2H3/t27-,28-,31+,32+/m1/s1. The van der Waals surface area contributed by atoms with E-state index < -0.39 is 35.6 Å². The van der Waals surface area contributed by atoms with Crippen LogP contribution in [0.25, 0.3) is 0 Å². The largest absolute Gasteiger partial charge is 0.508 e. The number of hydrogen-bond donors (Lipinski definition) is 6. The molecule has 0 saturated carbocycles. The van der Waals surface area contributed by atoms with Gasteiger partial charge >= 0.3 is 11.9 Å². The predicted molar refractivity (Wildman–Crippen MR) is 148 cm³/mol. The highest BCUT2D eigenvalue weighted by molar-refractivity contribution is 5.73. The molecule has 0 amide bonds. The SMILES string of the molecule is CC(=O)Oc1cc([C@@H]2c3c(O)cc(O)cc3[C@H]3[C@H](c4ccc(O)c(OC(C)=O)c4)c4c(O)cc(O)cc4[C@@H]23)ccc1O. The second kappa shape index (κ2) is 9.62. The Balaban J connectivity index is 1.63. The summed E-state index contributed by atoms with van der Waals surface area (Å²) in [4.78, 5) is 23.4. The molecule has 0 unspecified atom stereocenters. The zero-order valence-electron chi connectivity index (χ0n) is 22.4. The molecule has 2 aliphatic carbocycles. The monoisotopic (exact) mass is 570 g/mol. The lowest BCUT2D eigenvalue weighted by Gasteiger charge is -2.24. The summed E-state index contributed by atoms with van der Waals surface area (Å²) >= 11 is 0. The molecule has 0 aromatic heterocycles. The lowest BCUT2D eigenvalue weighted by atomic mass is 9.79. The van der Waals surface area contributed by atoms with E-state index in [1.165, 1.54) is 62.4 Å². The molecule has 10 heteroatoms. The van der Waals surface area contributed by atoms with Crippen molar-refractivity contribution in [2.75, 3.05) is 0 Å². The van der Waals surface area contributed by atoms with E-state index in [4.69, 9.17) is 9.47 Å². The maximum absolute atomic E-state index is 11.7. The van der Waals surface area contributed by atoms with Crippen LogP contribution in [-0.2, 0) is 9.59 Å². The molecule has 0 fully saturated rings. The second-order valence-electron chi connectivity index (χ2n) is 10.6. The minimum Gasteiger partial charge on any atom is -0.508 e. The third kappa shape index (κ3) is 4.19. The van der Waals surface area contributed by atoms with Gasteiger partial charge in [0.15, 0.2) is 23.0 Å². The molecular formula is C32H26O10. The lowest BCUT2D eigenvalue weighted by Crippen LogP contribution is -2.11. The van der Waals surface area contributed by atoms with E-state index >= 15 is 0 Å². The topological polar surface area (TPSA) is 174 Å². The van der Waals surface area contributed by atoms with Gasteiger partial charge in [0.1, 0.15) is 23.0 Å². The van der Waals surface area contributed by atoms with Gasteiger partial charge in [0.2, 0.25) is 0 Å². The molecule has 42 heavy (non-hydrogen) atoms. The molecule has 4 aromatic rings. The van der Waals surface area contributed by atoms with Gasteiger partial charge in [-0.1, -0.05) is 12.1 Å². The van der Waals surface area contributed by atoms with Crippen molar-refractivity contribution < 1.29 is 49.7 Å². The summed E-state index contributed by atoms with van der Waals surface area (Å²) in [5.41, 5.74) is 3.18. The van der Waals surface area contributed by atoms with Crippen molar-refractivity contribution in [3.63, 3.8) is 0 Å². The van der Waals surface area contributed by atoms with Crippen LogP contribution >= 0.6 is 0 Å². The average Bonchev–Trinajstić information content (AvgIpc) is 3.40. The van der Waals surface area contributed by atoms with Gasteiger partial charge in [0.25, 0.3) is 0 Å². The molecule has 0 saturated heterocycles. The maximum Gasteiger partial charge on any atom is 0.308 e. The second-order valence-corrected chi connectivity index (χ2v) is 10.6. The van der Waals surface area contributed by atoms with E-state index in [2.05, 4.69) is 0 Å². The molecule has 10 nitrogen and oxygen atoms in total. The Morgan fingerprint density at radius 3 is 1.29 bits per heavy atom. The first-order valence-corrected chi connectivity index (χ1v) is 13.1. The number of benzene rings is 4. The zero-order chi connectivity index (χ0) is 30.0. The van der Waals surface area contributed by atoms with Crippen LogP contribution in [0.1, 0.15) is 70.9 Å². The number of phenolic OH excluding ortho intramolecular Hbond substituents is 6. The van der Waals surface area contributed by atoms with Crippen LogP contribution in [0.2, 0.25) is 0 Å². The van der Waals surface area contributed by atoms with Gasteiger partial charge in [-0.15, -0.1) is 0 Å². The number of esters is 2. The number of ether oxygens (including phenoxy) is 2. The van der Waals surface area contributed by atoms with Gasteiger partial charge in [-0.3, -0.25) is 9.59 Å². The molecular weight excluding hydrogens is 544 g/mol. The predicted octanol–water partition coefficient (Wildman–Crippen LogP) is 4.93. The third-order valence-corrected chi connectivity index (χ3v) is 7.99. The summed E-state index contributed by atoms with van der Waals surface area (Å²) < 4.78 is 10.4. The van der Waals surface area contributed by atoms with Crippen molar-refractivity contribution in [2.45, 2.75) is 37.5 Å². The summed E-state index contributed by atoms with van der Waals surface area (Å²) in [7, 11) is 0. The maximum atomic E-state index is 11.7. The normalized spacial score (nSPS) is 20.0. The van der Waals surface area contributed by atoms with E-state index in [9.17, 15) is 40.2 Å². The van der Waals surface area contributed by atoms with Gasteiger partial charge in [-0.05, 0) is 58.7 Å². The lowest BCUT2D eigenvalue weighted by molar-refractivity contribution is -0.132. The molecule has 0 heterocycles. The van der Waals surface area contributed by atoms with Crippen LogP contribution in [0.3, 0.4) is 0 Å². The van der Waals surface area contributed by atoms with Crippen LogP contribution in [-0.4, -0.2) is 42.6 Å². The minimum absolute atomic E-state index is 0.0821. The van der Waals surface area contributed by atoms with Gasteiger partial charge in [-0.2, -0.15) is 0 Å². The molecule has 214 valence electrons. The Hall–Kier alpha value is -5.38. The highest BCUT2D eigenvalue weighted by atomic mass is 16.5. The van der Waals surface area contributed by atoms with Crippen LogP contribution in [0.4, 0.5) is 0 Å². The molecule has 2 aliphatic rings. The van der Waals surface area contributed by atoms with E-state index in [0.717, 1.165) is 0 Å². The van der Waals surface area contributed by atoms with E-state index in [1.54, 1.807) is 12.1 Å². The van der Waals surface area contributed by atoms with Crippen molar-refractivity contribution in [1.29, 1.82) is 0 Å². The van der Waals surface area contributed by atoms with Crippen molar-refractivity contribution in [2.24, 2.45) is 0 Å². The number of phenols is 6. The Bertz CT molecular complexity index is 1660. The molecule has 0 radical (unpaired) electrons. The minimum atomic E-state index is -0.643. The van der Waals surface area contributed by atoms with Crippen LogP contribution in [0, 0.1) is 0 Å². The Kier molecular flexibility index (Phi) is 6.14. The Morgan fingerprint density at radius 1 is 0.548 bits per heavy atom. The molecule has 4 aromatic carbocycles. The highest BCUT2D eigenvalue weighted by Crippen LogP contribution is 2.69. The number of fused-ring (bicyclic) bond motifs is 5. The first-order valence-electron chi connectivity index (χ1n) is 13.1. The smallest absolute Gasteiger partial charge is 0.308 e. The molecule has 6 rings (SSSR count).